The van der Waals surface area contributed by atoms with Gasteiger partial charge in [0, 0.05) is 0 Å². The van der Waals surface area contributed by atoms with E-state index in [0.29, 0.717) is 11.3 Å². The fourth-order valence-corrected chi connectivity index (χ4v) is 5.47. The van der Waals surface area contributed by atoms with Gasteiger partial charge in [-0.15, -0.1) is 0 Å². The summed E-state index contributed by atoms with van der Waals surface area (Å²) in [6, 6.07) is 18.2. The summed E-state index contributed by atoms with van der Waals surface area (Å²) < 4.78 is 32.3. The topological polar surface area (TPSA) is 46.7 Å². The van der Waals surface area contributed by atoms with Gasteiger partial charge in [0.2, 0.25) is 14.8 Å². The number of hydrogen-bond acceptors (Lipinski definition) is 3. The van der Waals surface area contributed by atoms with Crippen molar-refractivity contribution in [3.63, 3.8) is 0 Å². The summed E-state index contributed by atoms with van der Waals surface area (Å²) in [6.45, 7) is 3.86. The standard InChI is InChI=1S/C18H20O3S/c1-3-14-18(22(19,20)16-12-8-5-9-13-16)17(2,21-18)15-10-6-4-7-11-15/h4-13H,3,14H2,1-2H3. The van der Waals surface area contributed by atoms with E-state index in [9.17, 15) is 8.42 Å². The number of epoxide rings is 1. The Hall–Kier alpha value is -1.65. The lowest BCUT2D eigenvalue weighted by molar-refractivity contribution is 0.294. The van der Waals surface area contributed by atoms with Crippen LogP contribution in [-0.4, -0.2) is 13.4 Å². The number of sulfone groups is 1. The Bertz CT molecular complexity index is 755. The van der Waals surface area contributed by atoms with Crippen LogP contribution in [0.25, 0.3) is 0 Å². The molecule has 2 aromatic rings. The Morgan fingerprint density at radius 1 is 0.955 bits per heavy atom. The molecule has 0 aromatic heterocycles. The lowest BCUT2D eigenvalue weighted by Crippen LogP contribution is -2.31. The SMILES string of the molecule is CCCC1(S(=O)(=O)c2ccccc2)OC1(C)c1ccccc1. The first-order valence-corrected chi connectivity index (χ1v) is 9.02. The molecule has 0 radical (unpaired) electrons. The van der Waals surface area contributed by atoms with Gasteiger partial charge >= 0.3 is 0 Å². The highest BCUT2D eigenvalue weighted by atomic mass is 32.2. The molecule has 0 N–H and O–H groups in total. The number of rotatable bonds is 5. The summed E-state index contributed by atoms with van der Waals surface area (Å²) >= 11 is 0. The first-order chi connectivity index (χ1) is 10.5. The van der Waals surface area contributed by atoms with Crippen molar-refractivity contribution >= 4 is 9.84 Å². The minimum absolute atomic E-state index is 0.322. The maximum absolute atomic E-state index is 13.2. The summed E-state index contributed by atoms with van der Waals surface area (Å²) in [5.74, 6) is 0. The minimum atomic E-state index is -3.57. The Kier molecular flexibility index (Phi) is 3.62. The Morgan fingerprint density at radius 3 is 2.05 bits per heavy atom. The van der Waals surface area contributed by atoms with Crippen molar-refractivity contribution in [2.24, 2.45) is 0 Å². The molecule has 1 aliphatic rings. The Morgan fingerprint density at radius 2 is 1.50 bits per heavy atom. The summed E-state index contributed by atoms with van der Waals surface area (Å²) in [4.78, 5) is -0.847. The molecule has 2 aromatic carbocycles. The van der Waals surface area contributed by atoms with Crippen LogP contribution >= 0.6 is 0 Å². The molecule has 116 valence electrons. The van der Waals surface area contributed by atoms with Crippen molar-refractivity contribution in [3.05, 3.63) is 66.2 Å². The molecule has 0 spiro atoms. The van der Waals surface area contributed by atoms with Crippen LogP contribution in [0.4, 0.5) is 0 Å². The summed E-state index contributed by atoms with van der Waals surface area (Å²) in [6.07, 6.45) is 1.23. The molecule has 3 nitrogen and oxygen atoms in total. The number of ether oxygens (including phenoxy) is 1. The minimum Gasteiger partial charge on any atom is -0.340 e. The van der Waals surface area contributed by atoms with Crippen molar-refractivity contribution in [1.82, 2.24) is 0 Å². The summed E-state index contributed by atoms with van der Waals surface area (Å²) in [5.41, 5.74) is 0.113. The van der Waals surface area contributed by atoms with Gasteiger partial charge in [-0.1, -0.05) is 61.9 Å². The van der Waals surface area contributed by atoms with Gasteiger partial charge in [0.25, 0.3) is 0 Å². The zero-order valence-electron chi connectivity index (χ0n) is 12.8. The molecule has 2 unspecified atom stereocenters. The van der Waals surface area contributed by atoms with E-state index in [-0.39, 0.29) is 0 Å². The third-order valence-corrected chi connectivity index (χ3v) is 6.88. The summed E-state index contributed by atoms with van der Waals surface area (Å²) in [5, 5.41) is 0. The van der Waals surface area contributed by atoms with E-state index in [2.05, 4.69) is 0 Å². The van der Waals surface area contributed by atoms with E-state index in [1.807, 2.05) is 50.2 Å². The van der Waals surface area contributed by atoms with Gasteiger partial charge in [-0.3, -0.25) is 0 Å². The van der Waals surface area contributed by atoms with E-state index in [0.717, 1.165) is 12.0 Å². The van der Waals surface area contributed by atoms with Gasteiger partial charge in [-0.2, -0.15) is 0 Å². The largest absolute Gasteiger partial charge is 0.340 e. The number of benzene rings is 2. The molecular formula is C18H20O3S. The lowest BCUT2D eigenvalue weighted by Gasteiger charge is -2.18. The van der Waals surface area contributed by atoms with Gasteiger partial charge in [0.05, 0.1) is 4.90 Å². The maximum atomic E-state index is 13.2. The first kappa shape index (κ1) is 15.3. The Balaban J connectivity index is 2.10. The molecule has 0 aliphatic carbocycles. The second kappa shape index (κ2) is 5.21. The van der Waals surface area contributed by atoms with Crippen molar-refractivity contribution < 1.29 is 13.2 Å². The van der Waals surface area contributed by atoms with Crippen LogP contribution in [0.2, 0.25) is 0 Å². The quantitative estimate of drug-likeness (QED) is 0.786. The molecule has 4 heteroatoms. The first-order valence-electron chi connectivity index (χ1n) is 7.53. The van der Waals surface area contributed by atoms with E-state index >= 15 is 0 Å². The molecule has 1 saturated heterocycles. The second-order valence-corrected chi connectivity index (χ2v) is 7.96. The van der Waals surface area contributed by atoms with Crippen LogP contribution in [0.5, 0.6) is 0 Å². The molecule has 22 heavy (non-hydrogen) atoms. The molecule has 1 aliphatic heterocycles. The van der Waals surface area contributed by atoms with E-state index in [1.165, 1.54) is 0 Å². The van der Waals surface area contributed by atoms with Gasteiger partial charge in [-0.05, 0) is 31.0 Å². The van der Waals surface area contributed by atoms with Gasteiger partial charge in [0.1, 0.15) is 5.60 Å². The molecule has 3 rings (SSSR count). The molecule has 1 fully saturated rings. The second-order valence-electron chi connectivity index (χ2n) is 5.82. The van der Waals surface area contributed by atoms with Crippen molar-refractivity contribution in [2.75, 3.05) is 0 Å². The van der Waals surface area contributed by atoms with Crippen LogP contribution in [0.3, 0.4) is 0 Å². The van der Waals surface area contributed by atoms with Gasteiger partial charge in [-0.25, -0.2) is 8.42 Å². The fourth-order valence-electron chi connectivity index (χ4n) is 3.19. The molecule has 1 heterocycles. The monoisotopic (exact) mass is 316 g/mol. The molecule has 0 bridgehead atoms. The average Bonchev–Trinajstić information content (AvgIpc) is 3.17. The fraction of sp³-hybridized carbons (Fsp3) is 0.333. The molecule has 2 atom stereocenters. The highest BCUT2D eigenvalue weighted by Crippen LogP contribution is 2.62. The predicted molar refractivity (Wildman–Crippen MR) is 86.1 cm³/mol. The van der Waals surface area contributed by atoms with Crippen LogP contribution in [-0.2, 0) is 20.2 Å². The number of hydrogen-bond donors (Lipinski definition) is 0. The average molecular weight is 316 g/mol. The van der Waals surface area contributed by atoms with Crippen LogP contribution in [0.1, 0.15) is 32.3 Å². The zero-order chi connectivity index (χ0) is 15.8. The highest BCUT2D eigenvalue weighted by molar-refractivity contribution is 7.93. The lowest BCUT2D eigenvalue weighted by atomic mass is 9.95. The summed E-state index contributed by atoms with van der Waals surface area (Å²) in [7, 11) is -3.57. The van der Waals surface area contributed by atoms with Gasteiger partial charge in [0.15, 0.2) is 0 Å². The smallest absolute Gasteiger partial charge is 0.211 e. The highest BCUT2D eigenvalue weighted by Gasteiger charge is 2.75. The maximum Gasteiger partial charge on any atom is 0.211 e. The van der Waals surface area contributed by atoms with E-state index in [1.54, 1.807) is 24.3 Å². The molecular weight excluding hydrogens is 296 g/mol. The predicted octanol–water partition coefficient (Wildman–Crippen LogP) is 3.90. The van der Waals surface area contributed by atoms with E-state index < -0.39 is 20.4 Å². The van der Waals surface area contributed by atoms with Crippen molar-refractivity contribution in [1.29, 1.82) is 0 Å². The van der Waals surface area contributed by atoms with Crippen molar-refractivity contribution in [3.8, 4) is 0 Å². The third-order valence-electron chi connectivity index (χ3n) is 4.45. The third kappa shape index (κ3) is 2.02. The van der Waals surface area contributed by atoms with E-state index in [4.69, 9.17) is 4.74 Å². The van der Waals surface area contributed by atoms with Crippen LogP contribution in [0.15, 0.2) is 65.6 Å². The normalized spacial score (nSPS) is 27.5. The van der Waals surface area contributed by atoms with Crippen LogP contribution < -0.4 is 0 Å². The Labute approximate surface area is 131 Å². The van der Waals surface area contributed by atoms with Crippen molar-refractivity contribution in [2.45, 2.75) is 42.1 Å². The molecule has 0 saturated carbocycles. The van der Waals surface area contributed by atoms with Gasteiger partial charge < -0.3 is 4.74 Å². The molecule has 0 amide bonds. The zero-order valence-corrected chi connectivity index (χ0v) is 13.6. The van der Waals surface area contributed by atoms with Crippen LogP contribution in [0, 0.1) is 0 Å².